The summed E-state index contributed by atoms with van der Waals surface area (Å²) in [7, 11) is 3.98. The van der Waals surface area contributed by atoms with Crippen molar-refractivity contribution in [3.05, 3.63) is 70.0 Å². The molecular formula is C24H31ClFN3O. The number of likely N-dealkylation sites (tertiary alicyclic amines) is 1. The van der Waals surface area contributed by atoms with E-state index in [0.29, 0.717) is 25.2 Å². The number of halogens is 2. The Labute approximate surface area is 184 Å². The van der Waals surface area contributed by atoms with Gasteiger partial charge in [0.05, 0.1) is 5.92 Å². The molecule has 162 valence electrons. The standard InChI is InChI=1S/C24H31ClFN3O/c1-17-12-18(8-9-23(17)26)20-13-21(24(30)27-10-11-28(2)3)16-29(15-20)14-19-6-4-5-7-22(19)25/h4-9,12,20-21H,10-11,13-16H2,1-3H3,(H,27,30)/t20-,21+/m0/s1. The van der Waals surface area contributed by atoms with Crippen LogP contribution in [-0.2, 0) is 11.3 Å². The van der Waals surface area contributed by atoms with Crippen LogP contribution < -0.4 is 5.32 Å². The van der Waals surface area contributed by atoms with Crippen LogP contribution in [0.4, 0.5) is 4.39 Å². The molecule has 1 fully saturated rings. The predicted molar refractivity (Wildman–Crippen MR) is 120 cm³/mol. The van der Waals surface area contributed by atoms with Crippen molar-refractivity contribution in [3.63, 3.8) is 0 Å². The number of likely N-dealkylation sites (N-methyl/N-ethyl adjacent to an activating group) is 1. The summed E-state index contributed by atoms with van der Waals surface area (Å²) >= 11 is 6.38. The number of rotatable bonds is 7. The molecule has 1 aliphatic rings. The number of benzene rings is 2. The maximum Gasteiger partial charge on any atom is 0.224 e. The highest BCUT2D eigenvalue weighted by Crippen LogP contribution is 2.32. The van der Waals surface area contributed by atoms with Crippen molar-refractivity contribution in [2.75, 3.05) is 40.3 Å². The molecule has 3 rings (SSSR count). The SMILES string of the molecule is Cc1cc([C@H]2C[C@@H](C(=O)NCCN(C)C)CN(Cc3ccccc3Cl)C2)ccc1F. The third kappa shape index (κ3) is 6.03. The number of hydrogen-bond donors (Lipinski definition) is 1. The van der Waals surface area contributed by atoms with Crippen molar-refractivity contribution < 1.29 is 9.18 Å². The molecule has 2 aromatic carbocycles. The van der Waals surface area contributed by atoms with E-state index >= 15 is 0 Å². The van der Waals surface area contributed by atoms with E-state index in [1.54, 1.807) is 6.92 Å². The van der Waals surface area contributed by atoms with Gasteiger partial charge in [-0.2, -0.15) is 0 Å². The largest absolute Gasteiger partial charge is 0.355 e. The Kier molecular flexibility index (Phi) is 7.87. The molecule has 0 unspecified atom stereocenters. The summed E-state index contributed by atoms with van der Waals surface area (Å²) in [6.07, 6.45) is 0.762. The van der Waals surface area contributed by atoms with E-state index in [1.165, 1.54) is 6.07 Å². The molecule has 0 aromatic heterocycles. The van der Waals surface area contributed by atoms with Crippen LogP contribution in [0.15, 0.2) is 42.5 Å². The molecular weight excluding hydrogens is 401 g/mol. The van der Waals surface area contributed by atoms with Gasteiger partial charge < -0.3 is 10.2 Å². The first-order valence-corrected chi connectivity index (χ1v) is 10.9. The maximum absolute atomic E-state index is 13.8. The van der Waals surface area contributed by atoms with Gasteiger partial charge in [-0.25, -0.2) is 4.39 Å². The second-order valence-electron chi connectivity index (χ2n) is 8.52. The molecule has 2 aromatic rings. The minimum Gasteiger partial charge on any atom is -0.355 e. The van der Waals surface area contributed by atoms with Gasteiger partial charge in [-0.15, -0.1) is 0 Å². The maximum atomic E-state index is 13.8. The second kappa shape index (κ2) is 10.4. The molecule has 0 aliphatic carbocycles. The number of nitrogens with one attached hydrogen (secondary N) is 1. The van der Waals surface area contributed by atoms with Crippen molar-refractivity contribution >= 4 is 17.5 Å². The van der Waals surface area contributed by atoms with Gasteiger partial charge in [0.25, 0.3) is 0 Å². The van der Waals surface area contributed by atoms with Crippen LogP contribution in [0.2, 0.25) is 5.02 Å². The van der Waals surface area contributed by atoms with Crippen molar-refractivity contribution in [2.45, 2.75) is 25.8 Å². The predicted octanol–water partition coefficient (Wildman–Crippen LogP) is 4.07. The zero-order chi connectivity index (χ0) is 21.7. The summed E-state index contributed by atoms with van der Waals surface area (Å²) in [5, 5.41) is 3.82. The fraction of sp³-hybridized carbons (Fsp3) is 0.458. The smallest absolute Gasteiger partial charge is 0.224 e. The van der Waals surface area contributed by atoms with Crippen LogP contribution in [0.5, 0.6) is 0 Å². The van der Waals surface area contributed by atoms with E-state index < -0.39 is 0 Å². The summed E-state index contributed by atoms with van der Waals surface area (Å²) in [5.74, 6) is -0.0473. The molecule has 1 amide bonds. The van der Waals surface area contributed by atoms with Crippen molar-refractivity contribution in [3.8, 4) is 0 Å². The molecule has 0 bridgehead atoms. The number of piperidine rings is 1. The lowest BCUT2D eigenvalue weighted by Gasteiger charge is -2.37. The molecule has 0 saturated carbocycles. The van der Waals surface area contributed by atoms with Crippen molar-refractivity contribution in [2.24, 2.45) is 5.92 Å². The van der Waals surface area contributed by atoms with E-state index in [4.69, 9.17) is 11.6 Å². The number of amides is 1. The summed E-state index contributed by atoms with van der Waals surface area (Å²) in [5.41, 5.74) is 2.79. The Morgan fingerprint density at radius 1 is 1.23 bits per heavy atom. The van der Waals surface area contributed by atoms with Crippen molar-refractivity contribution in [1.82, 2.24) is 15.1 Å². The second-order valence-corrected chi connectivity index (χ2v) is 8.93. The lowest BCUT2D eigenvalue weighted by Crippen LogP contribution is -2.46. The van der Waals surface area contributed by atoms with Gasteiger partial charge in [0.2, 0.25) is 5.91 Å². The Balaban J connectivity index is 1.77. The van der Waals surface area contributed by atoms with Gasteiger partial charge in [0.15, 0.2) is 0 Å². The molecule has 1 saturated heterocycles. The zero-order valence-electron chi connectivity index (χ0n) is 18.0. The minimum absolute atomic E-state index is 0.0875. The third-order valence-corrected chi connectivity index (χ3v) is 6.13. The summed E-state index contributed by atoms with van der Waals surface area (Å²) < 4.78 is 13.8. The summed E-state index contributed by atoms with van der Waals surface area (Å²) in [6, 6.07) is 13.1. The topological polar surface area (TPSA) is 35.6 Å². The van der Waals surface area contributed by atoms with Gasteiger partial charge in [-0.1, -0.05) is 41.9 Å². The van der Waals surface area contributed by atoms with Crippen LogP contribution in [0.3, 0.4) is 0 Å². The van der Waals surface area contributed by atoms with E-state index in [9.17, 15) is 9.18 Å². The molecule has 2 atom stereocenters. The minimum atomic E-state index is -0.194. The molecule has 1 N–H and O–H groups in total. The lowest BCUT2D eigenvalue weighted by molar-refractivity contribution is -0.127. The lowest BCUT2D eigenvalue weighted by atomic mass is 9.83. The fourth-order valence-corrected chi connectivity index (χ4v) is 4.28. The first kappa shape index (κ1) is 22.7. The first-order valence-electron chi connectivity index (χ1n) is 10.5. The monoisotopic (exact) mass is 431 g/mol. The van der Waals surface area contributed by atoms with Crippen LogP contribution in [0.25, 0.3) is 0 Å². The van der Waals surface area contributed by atoms with E-state index in [2.05, 4.69) is 15.1 Å². The van der Waals surface area contributed by atoms with Gasteiger partial charge in [-0.3, -0.25) is 9.69 Å². The quantitative estimate of drug-likeness (QED) is 0.717. The molecule has 4 nitrogen and oxygen atoms in total. The van der Waals surface area contributed by atoms with Gasteiger partial charge in [0, 0.05) is 37.7 Å². The number of hydrogen-bond acceptors (Lipinski definition) is 3. The van der Waals surface area contributed by atoms with E-state index in [0.717, 1.165) is 35.7 Å². The highest BCUT2D eigenvalue weighted by atomic mass is 35.5. The van der Waals surface area contributed by atoms with Crippen LogP contribution in [0, 0.1) is 18.7 Å². The highest BCUT2D eigenvalue weighted by molar-refractivity contribution is 6.31. The Hall–Kier alpha value is -1.95. The zero-order valence-corrected chi connectivity index (χ0v) is 18.8. The summed E-state index contributed by atoms with van der Waals surface area (Å²) in [4.78, 5) is 17.2. The molecule has 0 radical (unpaired) electrons. The molecule has 6 heteroatoms. The Morgan fingerprint density at radius 2 is 2.00 bits per heavy atom. The number of nitrogens with zero attached hydrogens (tertiary/aromatic N) is 2. The van der Waals surface area contributed by atoms with E-state index in [-0.39, 0.29) is 23.6 Å². The van der Waals surface area contributed by atoms with Crippen LogP contribution >= 0.6 is 11.6 Å². The average molecular weight is 432 g/mol. The fourth-order valence-electron chi connectivity index (χ4n) is 4.09. The number of aryl methyl sites for hydroxylation is 1. The van der Waals surface area contributed by atoms with Gasteiger partial charge >= 0.3 is 0 Å². The third-order valence-electron chi connectivity index (χ3n) is 5.76. The molecule has 30 heavy (non-hydrogen) atoms. The van der Waals surface area contributed by atoms with E-state index in [1.807, 2.05) is 50.5 Å². The van der Waals surface area contributed by atoms with Gasteiger partial charge in [0.1, 0.15) is 5.82 Å². The average Bonchev–Trinajstić information content (AvgIpc) is 2.71. The molecule has 0 spiro atoms. The first-order chi connectivity index (χ1) is 14.3. The van der Waals surface area contributed by atoms with Gasteiger partial charge in [-0.05, 0) is 62.2 Å². The molecule has 1 aliphatic heterocycles. The van der Waals surface area contributed by atoms with Crippen LogP contribution in [0.1, 0.15) is 29.0 Å². The highest BCUT2D eigenvalue weighted by Gasteiger charge is 2.32. The molecule has 1 heterocycles. The van der Waals surface area contributed by atoms with Crippen LogP contribution in [-0.4, -0.2) is 56.0 Å². The number of carbonyl (C=O) groups is 1. The Bertz CT molecular complexity index is 873. The van der Waals surface area contributed by atoms with Crippen molar-refractivity contribution in [1.29, 1.82) is 0 Å². The Morgan fingerprint density at radius 3 is 2.70 bits per heavy atom. The normalized spacial score (nSPS) is 19.8. The number of carbonyl (C=O) groups excluding carboxylic acids is 1. The summed E-state index contributed by atoms with van der Waals surface area (Å²) in [6.45, 7) is 5.43.